The van der Waals surface area contributed by atoms with Gasteiger partial charge in [0, 0.05) is 0 Å². The highest BCUT2D eigenvalue weighted by atomic mass is 14.8. The minimum atomic E-state index is 0.861. The van der Waals surface area contributed by atoms with Gasteiger partial charge in [0.1, 0.15) is 0 Å². The van der Waals surface area contributed by atoms with Crippen LogP contribution in [0.1, 0.15) is 122 Å². The number of nitrogens with two attached hydrogens (primary N) is 1. The second-order valence-corrected chi connectivity index (χ2v) is 7.85. The molecule has 0 unspecified atom stereocenters. The van der Waals surface area contributed by atoms with Gasteiger partial charge in [-0.1, -0.05) is 96.1 Å². The van der Waals surface area contributed by atoms with Crippen LogP contribution in [-0.4, -0.2) is 19.6 Å². The van der Waals surface area contributed by atoms with Crippen molar-refractivity contribution < 1.29 is 0 Å². The zero-order chi connectivity index (χ0) is 19.0. The minimum Gasteiger partial charge on any atom is -0.330 e. The van der Waals surface area contributed by atoms with Gasteiger partial charge in [-0.15, -0.1) is 0 Å². The first-order valence-electron chi connectivity index (χ1n) is 12.0. The number of allylic oxidation sites excluding steroid dienone is 2. The van der Waals surface area contributed by atoms with E-state index in [4.69, 9.17) is 5.73 Å². The van der Waals surface area contributed by atoms with Crippen molar-refractivity contribution in [1.29, 1.82) is 0 Å². The van der Waals surface area contributed by atoms with Crippen LogP contribution in [0, 0.1) is 0 Å². The maximum Gasteiger partial charge on any atom is -0.00490 e. The largest absolute Gasteiger partial charge is 0.330 e. The smallest absolute Gasteiger partial charge is 0.00490 e. The third-order valence-corrected chi connectivity index (χ3v) is 5.22. The van der Waals surface area contributed by atoms with E-state index < -0.39 is 0 Å². The zero-order valence-electron chi connectivity index (χ0n) is 18.1. The minimum absolute atomic E-state index is 0.861. The molecule has 0 amide bonds. The Morgan fingerprint density at radius 3 is 1.35 bits per heavy atom. The van der Waals surface area contributed by atoms with Gasteiger partial charge in [0.05, 0.1) is 0 Å². The fourth-order valence-corrected chi connectivity index (χ4v) is 3.45. The van der Waals surface area contributed by atoms with E-state index in [1.54, 1.807) is 0 Å². The Kier molecular flexibility index (Phi) is 24.3. The Balaban J connectivity index is 3.04. The third kappa shape index (κ3) is 23.7. The van der Waals surface area contributed by atoms with Gasteiger partial charge in [-0.2, -0.15) is 0 Å². The molecule has 0 aromatic carbocycles. The molecular formula is C24H50N2. The summed E-state index contributed by atoms with van der Waals surface area (Å²) in [7, 11) is 0. The van der Waals surface area contributed by atoms with Crippen molar-refractivity contribution >= 4 is 0 Å². The number of rotatable bonds is 22. The molecular weight excluding hydrogens is 316 g/mol. The predicted molar refractivity (Wildman–Crippen MR) is 120 cm³/mol. The van der Waals surface area contributed by atoms with Crippen LogP contribution in [0.3, 0.4) is 0 Å². The Morgan fingerprint density at radius 2 is 0.923 bits per heavy atom. The van der Waals surface area contributed by atoms with Gasteiger partial charge in [0.25, 0.3) is 0 Å². The lowest BCUT2D eigenvalue weighted by Gasteiger charge is -2.03. The number of hydrogen-bond donors (Lipinski definition) is 2. The molecule has 0 fully saturated rings. The summed E-state index contributed by atoms with van der Waals surface area (Å²) < 4.78 is 0. The molecule has 0 aliphatic rings. The summed E-state index contributed by atoms with van der Waals surface area (Å²) in [6.45, 7) is 5.37. The van der Waals surface area contributed by atoms with Crippen molar-refractivity contribution in [2.45, 2.75) is 122 Å². The Hall–Kier alpha value is -0.340. The lowest BCUT2D eigenvalue weighted by atomic mass is 10.1. The Bertz CT molecular complexity index is 263. The SMILES string of the molecule is CCNCCCCCCCCCCCC/C=C\CCCCCCCCN. The van der Waals surface area contributed by atoms with Gasteiger partial charge in [-0.25, -0.2) is 0 Å². The molecule has 0 radical (unpaired) electrons. The van der Waals surface area contributed by atoms with E-state index in [2.05, 4.69) is 24.4 Å². The molecule has 0 heterocycles. The van der Waals surface area contributed by atoms with E-state index in [0.29, 0.717) is 0 Å². The molecule has 0 aliphatic carbocycles. The van der Waals surface area contributed by atoms with Crippen LogP contribution >= 0.6 is 0 Å². The van der Waals surface area contributed by atoms with Crippen molar-refractivity contribution in [2.24, 2.45) is 5.73 Å². The maximum absolute atomic E-state index is 5.51. The van der Waals surface area contributed by atoms with Crippen LogP contribution in [0.15, 0.2) is 12.2 Å². The van der Waals surface area contributed by atoms with Gasteiger partial charge in [0.15, 0.2) is 0 Å². The molecule has 156 valence electrons. The average molecular weight is 367 g/mol. The van der Waals surface area contributed by atoms with Gasteiger partial charge >= 0.3 is 0 Å². The lowest BCUT2D eigenvalue weighted by molar-refractivity contribution is 0.544. The molecule has 0 atom stereocenters. The zero-order valence-corrected chi connectivity index (χ0v) is 18.1. The fourth-order valence-electron chi connectivity index (χ4n) is 3.45. The van der Waals surface area contributed by atoms with E-state index in [9.17, 15) is 0 Å². The molecule has 0 aromatic rings. The highest BCUT2D eigenvalue weighted by Crippen LogP contribution is 2.12. The van der Waals surface area contributed by atoms with Crippen LogP contribution in [-0.2, 0) is 0 Å². The van der Waals surface area contributed by atoms with Crippen molar-refractivity contribution in [2.75, 3.05) is 19.6 Å². The summed E-state index contributed by atoms with van der Waals surface area (Å²) in [5, 5.41) is 3.40. The second-order valence-electron chi connectivity index (χ2n) is 7.85. The van der Waals surface area contributed by atoms with Crippen LogP contribution in [0.4, 0.5) is 0 Å². The molecule has 26 heavy (non-hydrogen) atoms. The monoisotopic (exact) mass is 366 g/mol. The summed E-state index contributed by atoms with van der Waals surface area (Å²) in [4.78, 5) is 0. The number of hydrogen-bond acceptors (Lipinski definition) is 2. The van der Waals surface area contributed by atoms with Crippen molar-refractivity contribution in [1.82, 2.24) is 5.32 Å². The molecule has 3 N–H and O–H groups in total. The highest BCUT2D eigenvalue weighted by Gasteiger charge is 1.93. The molecule has 0 aromatic heterocycles. The summed E-state index contributed by atoms with van der Waals surface area (Å²) >= 11 is 0. The maximum atomic E-state index is 5.51. The molecule has 0 rings (SSSR count). The van der Waals surface area contributed by atoms with Crippen molar-refractivity contribution in [3.05, 3.63) is 12.2 Å². The second kappa shape index (κ2) is 24.7. The first-order valence-corrected chi connectivity index (χ1v) is 12.0. The van der Waals surface area contributed by atoms with Crippen LogP contribution < -0.4 is 11.1 Å². The number of unbranched alkanes of at least 4 members (excludes halogenated alkanes) is 16. The average Bonchev–Trinajstić information content (AvgIpc) is 2.66. The normalized spacial score (nSPS) is 11.6. The van der Waals surface area contributed by atoms with Crippen LogP contribution in [0.25, 0.3) is 0 Å². The first kappa shape index (κ1) is 25.7. The molecule has 2 nitrogen and oxygen atoms in total. The summed E-state index contributed by atoms with van der Waals surface area (Å²) in [6, 6.07) is 0. The van der Waals surface area contributed by atoms with Gasteiger partial charge in [-0.3, -0.25) is 0 Å². The molecule has 0 bridgehead atoms. The third-order valence-electron chi connectivity index (χ3n) is 5.22. The topological polar surface area (TPSA) is 38.0 Å². The predicted octanol–water partition coefficient (Wildman–Crippen LogP) is 7.13. The van der Waals surface area contributed by atoms with Gasteiger partial charge < -0.3 is 11.1 Å². The van der Waals surface area contributed by atoms with E-state index in [0.717, 1.165) is 13.1 Å². The summed E-state index contributed by atoms with van der Waals surface area (Å²) in [6.07, 6.45) is 29.7. The first-order chi connectivity index (χ1) is 12.9. The molecule has 0 aliphatic heterocycles. The van der Waals surface area contributed by atoms with E-state index in [1.165, 1.54) is 122 Å². The standard InChI is InChI=1S/C24H50N2/c1-2-26-24-22-20-18-16-14-12-10-8-6-4-3-5-7-9-11-13-15-17-19-21-23-25/h5,7,26H,2-4,6,8-25H2,1H3/b7-5-. The van der Waals surface area contributed by atoms with Crippen LogP contribution in [0.2, 0.25) is 0 Å². The van der Waals surface area contributed by atoms with Crippen molar-refractivity contribution in [3.8, 4) is 0 Å². The molecule has 0 saturated heterocycles. The Morgan fingerprint density at radius 1 is 0.538 bits per heavy atom. The van der Waals surface area contributed by atoms with Gasteiger partial charge in [-0.05, 0) is 58.2 Å². The fraction of sp³-hybridized carbons (Fsp3) is 0.917. The molecule has 0 spiro atoms. The summed E-state index contributed by atoms with van der Waals surface area (Å²) in [5.74, 6) is 0. The molecule has 2 heteroatoms. The highest BCUT2D eigenvalue weighted by molar-refractivity contribution is 4.81. The van der Waals surface area contributed by atoms with E-state index >= 15 is 0 Å². The van der Waals surface area contributed by atoms with Crippen LogP contribution in [0.5, 0.6) is 0 Å². The lowest BCUT2D eigenvalue weighted by Crippen LogP contribution is -2.13. The molecule has 0 saturated carbocycles. The van der Waals surface area contributed by atoms with E-state index in [1.807, 2.05) is 0 Å². The summed E-state index contributed by atoms with van der Waals surface area (Å²) in [5.41, 5.74) is 5.51. The van der Waals surface area contributed by atoms with Crippen molar-refractivity contribution in [3.63, 3.8) is 0 Å². The quantitative estimate of drug-likeness (QED) is 0.158. The van der Waals surface area contributed by atoms with Gasteiger partial charge in [0.2, 0.25) is 0 Å². The van der Waals surface area contributed by atoms with E-state index in [-0.39, 0.29) is 0 Å². The Labute approximate surface area is 165 Å². The number of nitrogens with one attached hydrogen (secondary N) is 1.